The lowest BCUT2D eigenvalue weighted by atomic mass is 10.1. The molecule has 0 saturated heterocycles. The molecule has 2 N–H and O–H groups in total. The topological polar surface area (TPSA) is 97.0 Å². The van der Waals surface area contributed by atoms with Crippen LogP contribution in [0.4, 0.5) is 21.5 Å². The number of nitrogens with zero attached hydrogens (tertiary/aromatic N) is 1. The minimum Gasteiger partial charge on any atom is -0.497 e. The van der Waals surface area contributed by atoms with Crippen LogP contribution in [0.15, 0.2) is 71.4 Å². The molecule has 0 aliphatic carbocycles. The van der Waals surface area contributed by atoms with Crippen LogP contribution in [0.5, 0.6) is 11.5 Å². The van der Waals surface area contributed by atoms with Gasteiger partial charge >= 0.3 is 0 Å². The van der Waals surface area contributed by atoms with Crippen molar-refractivity contribution < 1.29 is 28.2 Å². The van der Waals surface area contributed by atoms with Crippen LogP contribution in [0, 0.1) is 5.82 Å². The summed E-state index contributed by atoms with van der Waals surface area (Å²) in [6.45, 7) is 0. The van der Waals surface area contributed by atoms with Crippen molar-refractivity contribution in [1.29, 1.82) is 0 Å². The molecule has 0 fully saturated rings. The van der Waals surface area contributed by atoms with Crippen molar-refractivity contribution in [2.75, 3.05) is 29.8 Å². The second-order valence-electron chi connectivity index (χ2n) is 7.46. The number of rotatable bonds is 7. The zero-order valence-corrected chi connectivity index (χ0v) is 20.4. The second-order valence-corrected chi connectivity index (χ2v) is 8.24. The van der Waals surface area contributed by atoms with Crippen LogP contribution in [-0.2, 0) is 9.59 Å². The summed E-state index contributed by atoms with van der Waals surface area (Å²) in [6, 6.07) is 14.6. The maximum atomic E-state index is 13.5. The summed E-state index contributed by atoms with van der Waals surface area (Å²) >= 11 is 11.9. The molecule has 0 atom stereocenters. The molecule has 4 rings (SSSR count). The van der Waals surface area contributed by atoms with E-state index in [4.69, 9.17) is 32.7 Å². The molecule has 1 aliphatic rings. The molecule has 184 valence electrons. The van der Waals surface area contributed by atoms with E-state index in [1.165, 1.54) is 26.4 Å². The zero-order chi connectivity index (χ0) is 26.0. The molecule has 0 bridgehead atoms. The zero-order valence-electron chi connectivity index (χ0n) is 18.9. The predicted octanol–water partition coefficient (Wildman–Crippen LogP) is 5.18. The van der Waals surface area contributed by atoms with E-state index in [1.54, 1.807) is 36.4 Å². The van der Waals surface area contributed by atoms with Gasteiger partial charge in [-0.15, -0.1) is 0 Å². The number of imide groups is 1. The molecular weight excluding hydrogens is 512 g/mol. The van der Waals surface area contributed by atoms with Gasteiger partial charge in [0, 0.05) is 17.3 Å². The van der Waals surface area contributed by atoms with Crippen molar-refractivity contribution in [1.82, 2.24) is 0 Å². The van der Waals surface area contributed by atoms with Crippen LogP contribution < -0.4 is 25.0 Å². The second kappa shape index (κ2) is 10.3. The molecule has 0 unspecified atom stereocenters. The Bertz CT molecular complexity index is 1430. The number of ether oxygens (including phenoxy) is 2. The Morgan fingerprint density at radius 2 is 1.72 bits per heavy atom. The molecule has 3 aromatic rings. The Labute approximate surface area is 215 Å². The molecule has 3 aromatic carbocycles. The van der Waals surface area contributed by atoms with Crippen molar-refractivity contribution in [3.8, 4) is 11.5 Å². The largest absolute Gasteiger partial charge is 0.497 e. The van der Waals surface area contributed by atoms with Gasteiger partial charge in [0.2, 0.25) is 0 Å². The van der Waals surface area contributed by atoms with Gasteiger partial charge in [0.05, 0.1) is 30.6 Å². The molecular formula is C25H18Cl2FN3O5. The van der Waals surface area contributed by atoms with Gasteiger partial charge in [-0.1, -0.05) is 29.3 Å². The first-order chi connectivity index (χ1) is 17.2. The molecule has 1 heterocycles. The van der Waals surface area contributed by atoms with E-state index >= 15 is 0 Å². The maximum absolute atomic E-state index is 13.5. The highest BCUT2D eigenvalue weighted by Gasteiger charge is 2.39. The highest BCUT2D eigenvalue weighted by Crippen LogP contribution is 2.33. The predicted molar refractivity (Wildman–Crippen MR) is 134 cm³/mol. The average molecular weight is 530 g/mol. The highest BCUT2D eigenvalue weighted by molar-refractivity contribution is 6.53. The summed E-state index contributed by atoms with van der Waals surface area (Å²) in [4.78, 5) is 39.3. The standard InChI is InChI=1S/C25H18Cl2FN3O5/c1-35-16-7-9-20(36-2)19(12-16)30-23(32)13-4-3-5-14(10-13)29-22-21(27)24(33)31(25(22)34)15-6-8-18(28)17(26)11-15/h3-12,29H,1-2H3,(H,30,32). The molecule has 36 heavy (non-hydrogen) atoms. The van der Waals surface area contributed by atoms with E-state index < -0.39 is 23.5 Å². The van der Waals surface area contributed by atoms with E-state index in [0.717, 1.165) is 17.0 Å². The Kier molecular flexibility index (Phi) is 7.14. The number of hydrogen-bond acceptors (Lipinski definition) is 6. The molecule has 0 aromatic heterocycles. The number of carbonyl (C=O) groups is 3. The molecule has 3 amide bonds. The highest BCUT2D eigenvalue weighted by atomic mass is 35.5. The first kappa shape index (κ1) is 25.0. The maximum Gasteiger partial charge on any atom is 0.283 e. The number of hydrogen-bond donors (Lipinski definition) is 2. The summed E-state index contributed by atoms with van der Waals surface area (Å²) in [7, 11) is 2.98. The van der Waals surface area contributed by atoms with Crippen molar-refractivity contribution >= 4 is 58.0 Å². The Hall–Kier alpha value is -4.08. The summed E-state index contributed by atoms with van der Waals surface area (Å²) < 4.78 is 24.0. The summed E-state index contributed by atoms with van der Waals surface area (Å²) in [5, 5.41) is 4.94. The lowest BCUT2D eigenvalue weighted by molar-refractivity contribution is -0.120. The van der Waals surface area contributed by atoms with E-state index in [1.807, 2.05) is 0 Å². The lowest BCUT2D eigenvalue weighted by Gasteiger charge is -2.16. The third-order valence-corrected chi connectivity index (χ3v) is 5.88. The first-order valence-electron chi connectivity index (χ1n) is 10.4. The van der Waals surface area contributed by atoms with Crippen molar-refractivity contribution in [3.63, 3.8) is 0 Å². The van der Waals surface area contributed by atoms with Gasteiger partial charge in [0.15, 0.2) is 0 Å². The van der Waals surface area contributed by atoms with Crippen LogP contribution in [0.1, 0.15) is 10.4 Å². The molecule has 0 radical (unpaired) electrons. The molecule has 0 spiro atoms. The summed E-state index contributed by atoms with van der Waals surface area (Å²) in [6.07, 6.45) is 0. The Morgan fingerprint density at radius 3 is 2.42 bits per heavy atom. The van der Waals surface area contributed by atoms with Gasteiger partial charge in [0.25, 0.3) is 17.7 Å². The van der Waals surface area contributed by atoms with Gasteiger partial charge in [-0.05, 0) is 48.5 Å². The third-order valence-electron chi connectivity index (χ3n) is 5.24. The van der Waals surface area contributed by atoms with Gasteiger partial charge in [-0.25, -0.2) is 9.29 Å². The average Bonchev–Trinajstić information content (AvgIpc) is 3.08. The first-order valence-corrected chi connectivity index (χ1v) is 11.1. The Balaban J connectivity index is 1.55. The normalized spacial score (nSPS) is 13.2. The molecule has 11 heteroatoms. The number of nitrogens with one attached hydrogen (secondary N) is 2. The minimum absolute atomic E-state index is 0.0618. The van der Waals surface area contributed by atoms with Crippen molar-refractivity contribution in [3.05, 3.63) is 87.8 Å². The van der Waals surface area contributed by atoms with Crippen LogP contribution in [0.3, 0.4) is 0 Å². The van der Waals surface area contributed by atoms with Crippen molar-refractivity contribution in [2.45, 2.75) is 0 Å². The van der Waals surface area contributed by atoms with Crippen LogP contribution in [0.2, 0.25) is 5.02 Å². The summed E-state index contributed by atoms with van der Waals surface area (Å²) in [5.74, 6) is -1.75. The SMILES string of the molecule is COc1ccc(OC)c(NC(=O)c2cccc(NC3=C(Cl)C(=O)N(c4ccc(F)c(Cl)c4)C3=O)c2)c1. The molecule has 1 aliphatic heterocycles. The van der Waals surface area contributed by atoms with Crippen molar-refractivity contribution in [2.24, 2.45) is 0 Å². The van der Waals surface area contributed by atoms with E-state index in [0.29, 0.717) is 22.9 Å². The number of benzene rings is 3. The Morgan fingerprint density at radius 1 is 0.944 bits per heavy atom. The number of anilines is 3. The number of carbonyl (C=O) groups excluding carboxylic acids is 3. The van der Waals surface area contributed by atoms with Crippen LogP contribution >= 0.6 is 23.2 Å². The fourth-order valence-corrected chi connectivity index (χ4v) is 3.85. The number of amides is 3. The van der Waals surface area contributed by atoms with Gasteiger partial charge in [-0.3, -0.25) is 14.4 Å². The molecule has 8 nitrogen and oxygen atoms in total. The van der Waals surface area contributed by atoms with Gasteiger partial charge < -0.3 is 20.1 Å². The fraction of sp³-hybridized carbons (Fsp3) is 0.0800. The lowest BCUT2D eigenvalue weighted by Crippen LogP contribution is -2.32. The smallest absolute Gasteiger partial charge is 0.283 e. The van der Waals surface area contributed by atoms with Crippen LogP contribution in [0.25, 0.3) is 0 Å². The van der Waals surface area contributed by atoms with Crippen LogP contribution in [-0.4, -0.2) is 31.9 Å². The minimum atomic E-state index is -0.800. The quantitative estimate of drug-likeness (QED) is 0.409. The van der Waals surface area contributed by atoms with E-state index in [9.17, 15) is 18.8 Å². The molecule has 0 saturated carbocycles. The summed E-state index contributed by atoms with van der Waals surface area (Å²) in [5.41, 5.74) is 0.839. The van der Waals surface area contributed by atoms with Gasteiger partial charge in [-0.2, -0.15) is 0 Å². The van der Waals surface area contributed by atoms with E-state index in [2.05, 4.69) is 10.6 Å². The fourth-order valence-electron chi connectivity index (χ4n) is 3.46. The third kappa shape index (κ3) is 4.84. The number of halogens is 3. The van der Waals surface area contributed by atoms with Gasteiger partial charge in [0.1, 0.15) is 28.0 Å². The monoisotopic (exact) mass is 529 g/mol. The number of methoxy groups -OCH3 is 2. The van der Waals surface area contributed by atoms with E-state index in [-0.39, 0.29) is 27.0 Å².